The zero-order chi connectivity index (χ0) is 24.8. The zero-order valence-electron chi connectivity index (χ0n) is 19.4. The lowest BCUT2D eigenvalue weighted by molar-refractivity contribution is -0.137. The first-order valence-electron chi connectivity index (χ1n) is 11.6. The number of amides is 2. The van der Waals surface area contributed by atoms with Crippen molar-refractivity contribution in [2.75, 3.05) is 11.9 Å². The van der Waals surface area contributed by atoms with Crippen LogP contribution in [0.1, 0.15) is 53.7 Å². The van der Waals surface area contributed by atoms with Gasteiger partial charge >= 0.3 is 12.1 Å². The van der Waals surface area contributed by atoms with Gasteiger partial charge in [-0.2, -0.15) is 0 Å². The largest absolute Gasteiger partial charge is 0.481 e. The van der Waals surface area contributed by atoms with E-state index in [-0.39, 0.29) is 30.3 Å². The van der Waals surface area contributed by atoms with Crippen LogP contribution in [0.3, 0.4) is 0 Å². The van der Waals surface area contributed by atoms with Crippen LogP contribution in [-0.4, -0.2) is 40.7 Å². The highest BCUT2D eigenvalue weighted by Gasteiger charge is 2.29. The van der Waals surface area contributed by atoms with Gasteiger partial charge in [-0.05, 0) is 40.8 Å². The summed E-state index contributed by atoms with van der Waals surface area (Å²) in [6.45, 7) is 2.05. The molecule has 3 N–H and O–H groups in total. The van der Waals surface area contributed by atoms with Gasteiger partial charge in [0.1, 0.15) is 6.61 Å². The first-order chi connectivity index (χ1) is 17.0. The Labute approximate surface area is 203 Å². The van der Waals surface area contributed by atoms with E-state index < -0.39 is 24.0 Å². The quantitative estimate of drug-likeness (QED) is 0.410. The maximum absolute atomic E-state index is 12.8. The summed E-state index contributed by atoms with van der Waals surface area (Å²) in [5.74, 6) is -1.64. The Morgan fingerprint density at radius 3 is 2.29 bits per heavy atom. The molecule has 1 heterocycles. The summed E-state index contributed by atoms with van der Waals surface area (Å²) < 4.78 is 5.56. The maximum Gasteiger partial charge on any atom is 0.411 e. The van der Waals surface area contributed by atoms with Crippen LogP contribution < -0.4 is 10.6 Å². The summed E-state index contributed by atoms with van der Waals surface area (Å²) in [5.41, 5.74) is 4.64. The van der Waals surface area contributed by atoms with Crippen LogP contribution >= 0.6 is 0 Å². The van der Waals surface area contributed by atoms with E-state index in [0.29, 0.717) is 12.8 Å². The van der Waals surface area contributed by atoms with E-state index in [1.807, 2.05) is 43.3 Å². The van der Waals surface area contributed by atoms with E-state index in [2.05, 4.69) is 27.8 Å². The highest BCUT2D eigenvalue weighted by molar-refractivity contribution is 6.01. The van der Waals surface area contributed by atoms with E-state index in [1.54, 1.807) is 12.1 Å². The van der Waals surface area contributed by atoms with Gasteiger partial charge in [0, 0.05) is 18.2 Å². The summed E-state index contributed by atoms with van der Waals surface area (Å²) in [5, 5.41) is 14.4. The number of hydrogen-bond acceptors (Lipinski definition) is 5. The molecule has 3 aromatic rings. The average molecular weight is 474 g/mol. The third-order valence-electron chi connectivity index (χ3n) is 6.00. The molecule has 2 aromatic carbocycles. The lowest BCUT2D eigenvalue weighted by Crippen LogP contribution is -2.37. The molecule has 0 radical (unpaired) electrons. The van der Waals surface area contributed by atoms with Gasteiger partial charge in [-0.15, -0.1) is 0 Å². The number of carboxylic acid groups (broad SMARTS) is 1. The topological polar surface area (TPSA) is 118 Å². The lowest BCUT2D eigenvalue weighted by Gasteiger charge is -2.17. The monoisotopic (exact) mass is 473 g/mol. The first kappa shape index (κ1) is 23.9. The molecule has 0 saturated carbocycles. The van der Waals surface area contributed by atoms with E-state index in [4.69, 9.17) is 9.84 Å². The van der Waals surface area contributed by atoms with Gasteiger partial charge in [-0.25, -0.2) is 9.78 Å². The molecule has 1 aliphatic rings. The van der Waals surface area contributed by atoms with Crippen molar-refractivity contribution in [3.63, 3.8) is 0 Å². The van der Waals surface area contributed by atoms with Crippen LogP contribution in [0.15, 0.2) is 66.9 Å². The van der Waals surface area contributed by atoms with Crippen molar-refractivity contribution >= 4 is 23.7 Å². The number of anilines is 1. The Bertz CT molecular complexity index is 1200. The number of aliphatic carboxylic acids is 1. The summed E-state index contributed by atoms with van der Waals surface area (Å²) in [6, 6.07) is 18.7. The first-order valence-corrected chi connectivity index (χ1v) is 11.6. The molecule has 8 heteroatoms. The van der Waals surface area contributed by atoms with Crippen molar-refractivity contribution in [3.8, 4) is 11.1 Å². The Balaban J connectivity index is 1.43. The standard InChI is InChI=1S/C27H27N3O5/c1-2-8-17(15-24(31)32)29-26(33)25-23(13-7-14-28-25)30-27(34)35-16-22-20-11-5-3-9-18(20)19-10-4-6-12-21(19)22/h3-7,9-14,17,22H,2,8,15-16H2,1H3,(H,29,33)(H,30,34)(H,31,32). The molecular weight excluding hydrogens is 446 g/mol. The number of hydrogen-bond donors (Lipinski definition) is 3. The molecule has 1 aliphatic carbocycles. The molecule has 0 fully saturated rings. The Kier molecular flexibility index (Phi) is 7.40. The number of nitrogens with zero attached hydrogens (tertiary/aromatic N) is 1. The second-order valence-corrected chi connectivity index (χ2v) is 8.41. The third-order valence-corrected chi connectivity index (χ3v) is 6.00. The van der Waals surface area contributed by atoms with E-state index in [9.17, 15) is 14.4 Å². The third kappa shape index (κ3) is 5.48. The fourth-order valence-electron chi connectivity index (χ4n) is 4.47. The van der Waals surface area contributed by atoms with Crippen molar-refractivity contribution in [1.82, 2.24) is 10.3 Å². The number of aromatic nitrogens is 1. The number of carboxylic acids is 1. The van der Waals surface area contributed by atoms with Gasteiger partial charge in [0.2, 0.25) is 0 Å². The predicted molar refractivity (Wildman–Crippen MR) is 131 cm³/mol. The van der Waals surface area contributed by atoms with Gasteiger partial charge in [-0.3, -0.25) is 14.9 Å². The minimum absolute atomic E-state index is 0.00694. The highest BCUT2D eigenvalue weighted by atomic mass is 16.5. The van der Waals surface area contributed by atoms with E-state index in [1.165, 1.54) is 6.20 Å². The minimum Gasteiger partial charge on any atom is -0.481 e. The SMILES string of the molecule is CCCC(CC(=O)O)NC(=O)c1ncccc1NC(=O)OCC1c2ccccc2-c2ccccc21. The number of benzene rings is 2. The van der Waals surface area contributed by atoms with Crippen LogP contribution in [0.4, 0.5) is 10.5 Å². The molecule has 0 spiro atoms. The van der Waals surface area contributed by atoms with Gasteiger partial charge in [0.05, 0.1) is 12.1 Å². The normalized spacial score (nSPS) is 12.8. The Hall–Kier alpha value is -4.20. The number of carbonyl (C=O) groups is 3. The van der Waals surface area contributed by atoms with Gasteiger partial charge in [-0.1, -0.05) is 61.9 Å². The van der Waals surface area contributed by atoms with Gasteiger partial charge in [0.25, 0.3) is 5.91 Å². The van der Waals surface area contributed by atoms with Crippen LogP contribution in [-0.2, 0) is 9.53 Å². The summed E-state index contributed by atoms with van der Waals surface area (Å²) in [7, 11) is 0. The van der Waals surface area contributed by atoms with Crippen LogP contribution in [0, 0.1) is 0 Å². The molecule has 35 heavy (non-hydrogen) atoms. The molecule has 1 aromatic heterocycles. The zero-order valence-corrected chi connectivity index (χ0v) is 19.4. The molecule has 1 atom stereocenters. The van der Waals surface area contributed by atoms with Crippen molar-refractivity contribution in [1.29, 1.82) is 0 Å². The van der Waals surface area contributed by atoms with Crippen molar-refractivity contribution in [2.45, 2.75) is 38.1 Å². The van der Waals surface area contributed by atoms with E-state index >= 15 is 0 Å². The van der Waals surface area contributed by atoms with Crippen LogP contribution in [0.2, 0.25) is 0 Å². The van der Waals surface area contributed by atoms with Crippen LogP contribution in [0.5, 0.6) is 0 Å². The smallest absolute Gasteiger partial charge is 0.411 e. The van der Waals surface area contributed by atoms with E-state index in [0.717, 1.165) is 22.3 Å². The molecule has 0 aliphatic heterocycles. The van der Waals surface area contributed by atoms with Gasteiger partial charge in [0.15, 0.2) is 5.69 Å². The minimum atomic E-state index is -0.998. The number of rotatable bonds is 9. The summed E-state index contributed by atoms with van der Waals surface area (Å²) in [6.07, 6.45) is 1.76. The second kappa shape index (κ2) is 10.8. The van der Waals surface area contributed by atoms with Gasteiger partial charge < -0.3 is 15.2 Å². The summed E-state index contributed by atoms with van der Waals surface area (Å²) >= 11 is 0. The fourth-order valence-corrected chi connectivity index (χ4v) is 4.47. The predicted octanol–water partition coefficient (Wildman–Crippen LogP) is 4.82. The lowest BCUT2D eigenvalue weighted by atomic mass is 9.98. The molecule has 180 valence electrons. The fraction of sp³-hybridized carbons (Fsp3) is 0.259. The van der Waals surface area contributed by atoms with Crippen molar-refractivity contribution in [2.24, 2.45) is 0 Å². The van der Waals surface area contributed by atoms with Crippen molar-refractivity contribution in [3.05, 3.63) is 83.7 Å². The molecule has 8 nitrogen and oxygen atoms in total. The Morgan fingerprint density at radius 2 is 1.66 bits per heavy atom. The molecular formula is C27H27N3O5. The number of ether oxygens (including phenoxy) is 1. The Morgan fingerprint density at radius 1 is 1.00 bits per heavy atom. The molecule has 4 rings (SSSR count). The highest BCUT2D eigenvalue weighted by Crippen LogP contribution is 2.44. The number of pyridine rings is 1. The van der Waals surface area contributed by atoms with Crippen LogP contribution in [0.25, 0.3) is 11.1 Å². The summed E-state index contributed by atoms with van der Waals surface area (Å²) in [4.78, 5) is 40.7. The average Bonchev–Trinajstić information content (AvgIpc) is 3.16. The molecule has 1 unspecified atom stereocenters. The molecule has 2 amide bonds. The maximum atomic E-state index is 12.8. The van der Waals surface area contributed by atoms with Crippen molar-refractivity contribution < 1.29 is 24.2 Å². The molecule has 0 saturated heterocycles. The second-order valence-electron chi connectivity index (χ2n) is 8.41. The number of fused-ring (bicyclic) bond motifs is 3. The molecule has 0 bridgehead atoms. The number of nitrogens with one attached hydrogen (secondary N) is 2. The number of carbonyl (C=O) groups excluding carboxylic acids is 2.